The normalized spacial score (nSPS) is 13.1. The van der Waals surface area contributed by atoms with Crippen molar-refractivity contribution >= 4 is 31.9 Å². The van der Waals surface area contributed by atoms with Gasteiger partial charge in [0.05, 0.1) is 13.2 Å². The lowest BCUT2D eigenvalue weighted by molar-refractivity contribution is 0.161. The summed E-state index contributed by atoms with van der Waals surface area (Å²) in [6.45, 7) is 3.34. The third kappa shape index (κ3) is 5.84. The maximum absolute atomic E-state index is 8.67. The van der Waals surface area contributed by atoms with Crippen molar-refractivity contribution in [3.63, 3.8) is 0 Å². The third-order valence-corrected chi connectivity index (χ3v) is 2.98. The minimum atomic E-state index is 0.00999. The maximum atomic E-state index is 8.67. The Kier molecular flexibility index (Phi) is 7.69. The van der Waals surface area contributed by atoms with Crippen molar-refractivity contribution in [2.75, 3.05) is 19.8 Å². The van der Waals surface area contributed by atoms with Gasteiger partial charge in [0, 0.05) is 15.6 Å². The van der Waals surface area contributed by atoms with Crippen LogP contribution in [-0.2, 0) is 4.74 Å². The molecule has 0 atom stereocenters. The summed E-state index contributed by atoms with van der Waals surface area (Å²) in [7, 11) is 0. The van der Waals surface area contributed by atoms with Gasteiger partial charge in [0.25, 0.3) is 0 Å². The third-order valence-electron chi connectivity index (χ3n) is 1.01. The van der Waals surface area contributed by atoms with Gasteiger partial charge in [-0.1, -0.05) is 38.8 Å². The van der Waals surface area contributed by atoms with E-state index in [9.17, 15) is 0 Å². The Hall–Kier alpha value is 0.620. The second-order valence-electron chi connectivity index (χ2n) is 2.02. The molecule has 1 N–H and O–H groups in total. The summed E-state index contributed by atoms with van der Waals surface area (Å²) in [6, 6.07) is 0. The SMILES string of the molecule is CCCOC/C(Br)=C(\Br)CO. The lowest BCUT2D eigenvalue weighted by Gasteiger charge is -2.02. The molecule has 0 aromatic heterocycles. The van der Waals surface area contributed by atoms with E-state index in [1.54, 1.807) is 0 Å². The van der Waals surface area contributed by atoms with Crippen LogP contribution in [0.2, 0.25) is 0 Å². The molecule has 0 aromatic rings. The molecule has 0 saturated heterocycles. The average molecular weight is 288 g/mol. The molecule has 0 aliphatic heterocycles. The summed E-state index contributed by atoms with van der Waals surface area (Å²) in [4.78, 5) is 0. The molecule has 0 aliphatic carbocycles. The zero-order chi connectivity index (χ0) is 8.69. The van der Waals surface area contributed by atoms with Crippen LogP contribution in [0.5, 0.6) is 0 Å². The van der Waals surface area contributed by atoms with Crippen LogP contribution in [0, 0.1) is 0 Å². The summed E-state index contributed by atoms with van der Waals surface area (Å²) >= 11 is 6.48. The lowest BCUT2D eigenvalue weighted by Crippen LogP contribution is -1.97. The van der Waals surface area contributed by atoms with Gasteiger partial charge in [-0.2, -0.15) is 0 Å². The molecule has 4 heteroatoms. The molecular formula is C7H12Br2O2. The first kappa shape index (κ1) is 11.6. The maximum Gasteiger partial charge on any atom is 0.0790 e. The van der Waals surface area contributed by atoms with Crippen LogP contribution in [0.4, 0.5) is 0 Å². The summed E-state index contributed by atoms with van der Waals surface area (Å²) in [5.41, 5.74) is 0. The van der Waals surface area contributed by atoms with E-state index in [2.05, 4.69) is 38.8 Å². The van der Waals surface area contributed by atoms with Gasteiger partial charge in [-0.3, -0.25) is 0 Å². The first-order chi connectivity index (χ1) is 5.22. The molecule has 0 bridgehead atoms. The highest BCUT2D eigenvalue weighted by molar-refractivity contribution is 9.14. The van der Waals surface area contributed by atoms with E-state index in [1.807, 2.05) is 0 Å². The number of halogens is 2. The fraction of sp³-hybridized carbons (Fsp3) is 0.714. The number of hydrogen-bond acceptors (Lipinski definition) is 2. The van der Waals surface area contributed by atoms with Crippen molar-refractivity contribution in [2.45, 2.75) is 13.3 Å². The summed E-state index contributed by atoms with van der Waals surface area (Å²) in [5.74, 6) is 0. The summed E-state index contributed by atoms with van der Waals surface area (Å²) < 4.78 is 6.83. The Morgan fingerprint density at radius 1 is 1.36 bits per heavy atom. The standard InChI is InChI=1S/C7H12Br2O2/c1-2-3-11-5-7(9)6(8)4-10/h10H,2-5H2,1H3/b7-6+. The first-order valence-corrected chi connectivity index (χ1v) is 5.02. The van der Waals surface area contributed by atoms with E-state index >= 15 is 0 Å². The van der Waals surface area contributed by atoms with E-state index in [1.165, 1.54) is 0 Å². The molecule has 66 valence electrons. The molecule has 0 fully saturated rings. The second-order valence-corrected chi connectivity index (χ2v) is 3.93. The highest BCUT2D eigenvalue weighted by atomic mass is 79.9. The van der Waals surface area contributed by atoms with Gasteiger partial charge in [-0.25, -0.2) is 0 Å². The minimum Gasteiger partial charge on any atom is -0.391 e. The van der Waals surface area contributed by atoms with Gasteiger partial charge in [0.2, 0.25) is 0 Å². The fourth-order valence-electron chi connectivity index (χ4n) is 0.470. The van der Waals surface area contributed by atoms with E-state index < -0.39 is 0 Å². The number of aliphatic hydroxyl groups excluding tert-OH is 1. The molecule has 0 aliphatic rings. The zero-order valence-electron chi connectivity index (χ0n) is 6.44. The molecule has 0 heterocycles. The second kappa shape index (κ2) is 7.28. The van der Waals surface area contributed by atoms with Gasteiger partial charge in [-0.05, 0) is 6.42 Å². The van der Waals surface area contributed by atoms with Gasteiger partial charge < -0.3 is 9.84 Å². The predicted molar refractivity (Wildman–Crippen MR) is 53.1 cm³/mol. The highest BCUT2D eigenvalue weighted by Crippen LogP contribution is 2.17. The van der Waals surface area contributed by atoms with Crippen LogP contribution in [-0.4, -0.2) is 24.9 Å². The lowest BCUT2D eigenvalue weighted by atomic mass is 10.5. The average Bonchev–Trinajstić information content (AvgIpc) is 2.03. The van der Waals surface area contributed by atoms with Crippen molar-refractivity contribution in [3.05, 3.63) is 8.96 Å². The molecule has 0 radical (unpaired) electrons. The summed E-state index contributed by atoms with van der Waals surface area (Å²) in [6.07, 6.45) is 1.01. The van der Waals surface area contributed by atoms with Gasteiger partial charge in [0.15, 0.2) is 0 Å². The van der Waals surface area contributed by atoms with Crippen molar-refractivity contribution in [1.29, 1.82) is 0 Å². The number of rotatable bonds is 5. The Labute approximate surface area is 83.9 Å². The number of aliphatic hydroxyl groups is 1. The fourth-order valence-corrected chi connectivity index (χ4v) is 0.872. The van der Waals surface area contributed by atoms with Crippen molar-refractivity contribution < 1.29 is 9.84 Å². The molecule has 0 spiro atoms. The Bertz CT molecular complexity index is 134. The Balaban J connectivity index is 3.58. The quantitative estimate of drug-likeness (QED) is 0.787. The van der Waals surface area contributed by atoms with Crippen molar-refractivity contribution in [1.82, 2.24) is 0 Å². The van der Waals surface area contributed by atoms with Crippen molar-refractivity contribution in [2.24, 2.45) is 0 Å². The van der Waals surface area contributed by atoms with Crippen molar-refractivity contribution in [3.8, 4) is 0 Å². The highest BCUT2D eigenvalue weighted by Gasteiger charge is 1.98. The molecule has 0 rings (SSSR count). The zero-order valence-corrected chi connectivity index (χ0v) is 9.61. The van der Waals surface area contributed by atoms with E-state index in [-0.39, 0.29) is 6.61 Å². The van der Waals surface area contributed by atoms with Crippen LogP contribution in [0.3, 0.4) is 0 Å². The smallest absolute Gasteiger partial charge is 0.0790 e. The largest absolute Gasteiger partial charge is 0.391 e. The van der Waals surface area contributed by atoms with Crippen LogP contribution in [0.25, 0.3) is 0 Å². The number of ether oxygens (including phenoxy) is 1. The van der Waals surface area contributed by atoms with Crippen LogP contribution in [0.1, 0.15) is 13.3 Å². The molecule has 2 nitrogen and oxygen atoms in total. The Morgan fingerprint density at radius 2 is 2.00 bits per heavy atom. The van der Waals surface area contributed by atoms with Gasteiger partial charge >= 0.3 is 0 Å². The van der Waals surface area contributed by atoms with E-state index in [0.717, 1.165) is 22.0 Å². The Morgan fingerprint density at radius 3 is 2.45 bits per heavy atom. The molecule has 0 amide bonds. The molecule has 0 unspecified atom stereocenters. The predicted octanol–water partition coefficient (Wildman–Crippen LogP) is 2.41. The molecule has 0 aromatic carbocycles. The molecule has 0 saturated carbocycles. The minimum absolute atomic E-state index is 0.00999. The van der Waals surface area contributed by atoms with Crippen LogP contribution in [0.15, 0.2) is 8.96 Å². The monoisotopic (exact) mass is 286 g/mol. The van der Waals surface area contributed by atoms with E-state index in [0.29, 0.717) is 6.61 Å². The van der Waals surface area contributed by atoms with E-state index in [4.69, 9.17) is 9.84 Å². The van der Waals surface area contributed by atoms with Gasteiger partial charge in [-0.15, -0.1) is 0 Å². The first-order valence-electron chi connectivity index (χ1n) is 3.44. The van der Waals surface area contributed by atoms with Crippen LogP contribution >= 0.6 is 31.9 Å². The molecular weight excluding hydrogens is 276 g/mol. The van der Waals surface area contributed by atoms with Crippen LogP contribution < -0.4 is 0 Å². The molecule has 11 heavy (non-hydrogen) atoms. The van der Waals surface area contributed by atoms with Gasteiger partial charge in [0.1, 0.15) is 0 Å². The summed E-state index contributed by atoms with van der Waals surface area (Å²) in [5, 5.41) is 8.67. The topological polar surface area (TPSA) is 29.5 Å². The number of hydrogen-bond donors (Lipinski definition) is 1.